The molecule has 1 N–H and O–H groups in total. The molecule has 0 aliphatic heterocycles. The maximum atomic E-state index is 5.29. The smallest absolute Gasteiger partial charge is 0.199 e. The first kappa shape index (κ1) is 12.5. The van der Waals surface area contributed by atoms with Gasteiger partial charge in [-0.2, -0.15) is 5.10 Å². The molecule has 2 aromatic rings. The van der Waals surface area contributed by atoms with E-state index in [-0.39, 0.29) is 0 Å². The number of aromatic nitrogens is 3. The number of nitrogens with one attached hydrogen (secondary N) is 1. The van der Waals surface area contributed by atoms with Gasteiger partial charge in [0.25, 0.3) is 0 Å². The number of hydrogen-bond acceptors (Lipinski definition) is 2. The number of aryl methyl sites for hydroxylation is 1. The Morgan fingerprint density at radius 1 is 1.41 bits per heavy atom. The molecule has 0 saturated heterocycles. The van der Waals surface area contributed by atoms with Gasteiger partial charge in [-0.25, -0.2) is 0 Å². The molecule has 90 valence electrons. The van der Waals surface area contributed by atoms with E-state index in [9.17, 15) is 0 Å². The summed E-state index contributed by atoms with van der Waals surface area (Å²) in [5.41, 5.74) is 2.24. The Kier molecular flexibility index (Phi) is 3.49. The van der Waals surface area contributed by atoms with E-state index >= 15 is 0 Å². The molecule has 1 aromatic heterocycles. The van der Waals surface area contributed by atoms with Crippen LogP contribution >= 0.6 is 28.1 Å². The Labute approximate surface area is 114 Å². The van der Waals surface area contributed by atoms with Crippen molar-refractivity contribution in [2.45, 2.75) is 26.7 Å². The predicted molar refractivity (Wildman–Crippen MR) is 75.3 cm³/mol. The number of hydrogen-bond donors (Lipinski definition) is 1. The third kappa shape index (κ3) is 2.35. The third-order valence-corrected chi connectivity index (χ3v) is 3.47. The van der Waals surface area contributed by atoms with Crippen LogP contribution in [0.2, 0.25) is 0 Å². The molecule has 0 amide bonds. The van der Waals surface area contributed by atoms with Crippen LogP contribution in [0.1, 0.15) is 31.2 Å². The normalized spacial score (nSPS) is 11.1. The van der Waals surface area contributed by atoms with Crippen molar-refractivity contribution in [1.29, 1.82) is 0 Å². The Morgan fingerprint density at radius 2 is 2.12 bits per heavy atom. The maximum absolute atomic E-state index is 5.29. The summed E-state index contributed by atoms with van der Waals surface area (Å²) in [4.78, 5) is 0. The van der Waals surface area contributed by atoms with Crippen molar-refractivity contribution in [3.05, 3.63) is 38.8 Å². The molecule has 0 aliphatic rings. The maximum Gasteiger partial charge on any atom is 0.199 e. The van der Waals surface area contributed by atoms with Crippen molar-refractivity contribution in [3.63, 3.8) is 0 Å². The van der Waals surface area contributed by atoms with Gasteiger partial charge in [0.05, 0.1) is 5.69 Å². The summed E-state index contributed by atoms with van der Waals surface area (Å²) in [7, 11) is 0. The van der Waals surface area contributed by atoms with Gasteiger partial charge in [-0.15, -0.1) is 0 Å². The van der Waals surface area contributed by atoms with Crippen molar-refractivity contribution >= 4 is 28.1 Å². The summed E-state index contributed by atoms with van der Waals surface area (Å²) in [6.07, 6.45) is 0. The summed E-state index contributed by atoms with van der Waals surface area (Å²) >= 11 is 8.87. The topological polar surface area (TPSA) is 33.6 Å². The SMILES string of the molecule is Cc1ccc(-n2c(C(C)C)n[nH]c2=S)c(Br)c1. The van der Waals surface area contributed by atoms with Crippen molar-refractivity contribution in [1.82, 2.24) is 14.8 Å². The Morgan fingerprint density at radius 3 is 2.71 bits per heavy atom. The molecule has 0 radical (unpaired) electrons. The fraction of sp³-hybridized carbons (Fsp3) is 0.333. The summed E-state index contributed by atoms with van der Waals surface area (Å²) in [5.74, 6) is 1.26. The molecule has 0 bridgehead atoms. The molecule has 0 atom stereocenters. The van der Waals surface area contributed by atoms with Crippen molar-refractivity contribution in [2.24, 2.45) is 0 Å². The quantitative estimate of drug-likeness (QED) is 0.846. The fourth-order valence-corrected chi connectivity index (χ4v) is 2.63. The van der Waals surface area contributed by atoms with E-state index in [1.807, 2.05) is 4.57 Å². The van der Waals surface area contributed by atoms with Crippen LogP contribution < -0.4 is 0 Å². The number of aromatic amines is 1. The van der Waals surface area contributed by atoms with Crippen molar-refractivity contribution in [3.8, 4) is 5.69 Å². The van der Waals surface area contributed by atoms with Gasteiger partial charge in [0.1, 0.15) is 5.82 Å². The summed E-state index contributed by atoms with van der Waals surface area (Å²) in [6, 6.07) is 6.20. The Balaban J connectivity index is 2.68. The van der Waals surface area contributed by atoms with Gasteiger partial charge in [0, 0.05) is 10.4 Å². The van der Waals surface area contributed by atoms with Gasteiger partial charge in [-0.1, -0.05) is 19.9 Å². The lowest BCUT2D eigenvalue weighted by molar-refractivity contribution is 0.743. The molecule has 1 aromatic carbocycles. The largest absolute Gasteiger partial charge is 0.271 e. The number of nitrogens with zero attached hydrogens (tertiary/aromatic N) is 2. The fourth-order valence-electron chi connectivity index (χ4n) is 1.72. The van der Waals surface area contributed by atoms with Crippen LogP contribution in [0.15, 0.2) is 22.7 Å². The monoisotopic (exact) mass is 311 g/mol. The van der Waals surface area contributed by atoms with Gasteiger partial charge in [0.2, 0.25) is 0 Å². The first-order valence-electron chi connectivity index (χ1n) is 5.44. The highest BCUT2D eigenvalue weighted by Crippen LogP contribution is 2.25. The minimum Gasteiger partial charge on any atom is -0.271 e. The zero-order valence-corrected chi connectivity index (χ0v) is 12.4. The molecule has 3 nitrogen and oxygen atoms in total. The van der Waals surface area contributed by atoms with E-state index in [2.05, 4.69) is 65.1 Å². The molecule has 0 aliphatic carbocycles. The number of rotatable bonds is 2. The van der Waals surface area contributed by atoms with Crippen LogP contribution in [0, 0.1) is 11.7 Å². The number of H-pyrrole nitrogens is 1. The third-order valence-electron chi connectivity index (χ3n) is 2.56. The lowest BCUT2D eigenvalue weighted by atomic mass is 10.2. The molecule has 2 rings (SSSR count). The zero-order chi connectivity index (χ0) is 12.6. The second-order valence-corrected chi connectivity index (χ2v) is 5.57. The van der Waals surface area contributed by atoms with Crippen LogP contribution in [0.25, 0.3) is 5.69 Å². The minimum absolute atomic E-state index is 0.316. The molecule has 0 unspecified atom stereocenters. The highest BCUT2D eigenvalue weighted by Gasteiger charge is 2.13. The lowest BCUT2D eigenvalue weighted by Crippen LogP contribution is -2.04. The average molecular weight is 312 g/mol. The van der Waals surface area contributed by atoms with Crippen molar-refractivity contribution < 1.29 is 0 Å². The van der Waals surface area contributed by atoms with Gasteiger partial charge in [0.15, 0.2) is 4.77 Å². The molecule has 0 fully saturated rings. The summed E-state index contributed by atoms with van der Waals surface area (Å²) in [6.45, 7) is 6.26. The van der Waals surface area contributed by atoms with Gasteiger partial charge < -0.3 is 0 Å². The second kappa shape index (κ2) is 4.74. The highest BCUT2D eigenvalue weighted by atomic mass is 79.9. The standard InChI is InChI=1S/C12H14BrN3S/c1-7(2)11-14-15-12(17)16(11)10-5-4-8(3)6-9(10)13/h4-7H,1-3H3,(H,15,17). The van der Waals surface area contributed by atoms with Crippen LogP contribution in [0.4, 0.5) is 0 Å². The van der Waals surface area contributed by atoms with E-state index in [1.54, 1.807) is 0 Å². The van der Waals surface area contributed by atoms with Crippen LogP contribution in [-0.2, 0) is 0 Å². The average Bonchev–Trinajstić information content (AvgIpc) is 2.60. The predicted octanol–water partition coefficient (Wildman–Crippen LogP) is 4.12. The van der Waals surface area contributed by atoms with Crippen LogP contribution in [-0.4, -0.2) is 14.8 Å². The van der Waals surface area contributed by atoms with E-state index in [4.69, 9.17) is 12.2 Å². The van der Waals surface area contributed by atoms with Gasteiger partial charge in [-0.3, -0.25) is 9.67 Å². The molecular weight excluding hydrogens is 298 g/mol. The van der Waals surface area contributed by atoms with E-state index in [0.29, 0.717) is 10.7 Å². The minimum atomic E-state index is 0.316. The first-order chi connectivity index (χ1) is 8.00. The van der Waals surface area contributed by atoms with Crippen LogP contribution in [0.5, 0.6) is 0 Å². The first-order valence-corrected chi connectivity index (χ1v) is 6.64. The summed E-state index contributed by atoms with van der Waals surface area (Å²) in [5, 5.41) is 7.13. The van der Waals surface area contributed by atoms with E-state index in [1.165, 1.54) is 5.56 Å². The highest BCUT2D eigenvalue weighted by molar-refractivity contribution is 9.10. The summed E-state index contributed by atoms with van der Waals surface area (Å²) < 4.78 is 3.62. The molecule has 17 heavy (non-hydrogen) atoms. The zero-order valence-electron chi connectivity index (χ0n) is 9.99. The number of halogens is 1. The second-order valence-electron chi connectivity index (χ2n) is 4.33. The Hall–Kier alpha value is -0.940. The van der Waals surface area contributed by atoms with E-state index < -0.39 is 0 Å². The molecule has 5 heteroatoms. The lowest BCUT2D eigenvalue weighted by Gasteiger charge is -2.11. The number of benzene rings is 1. The Bertz CT molecular complexity index is 598. The van der Waals surface area contributed by atoms with Gasteiger partial charge in [-0.05, 0) is 52.8 Å². The van der Waals surface area contributed by atoms with Gasteiger partial charge >= 0.3 is 0 Å². The van der Waals surface area contributed by atoms with Crippen LogP contribution in [0.3, 0.4) is 0 Å². The molecule has 1 heterocycles. The van der Waals surface area contributed by atoms with Crippen molar-refractivity contribution in [2.75, 3.05) is 0 Å². The molecule has 0 spiro atoms. The molecular formula is C12H14BrN3S. The van der Waals surface area contributed by atoms with E-state index in [0.717, 1.165) is 16.0 Å². The molecule has 0 saturated carbocycles.